The summed E-state index contributed by atoms with van der Waals surface area (Å²) in [6.45, 7) is 1.38. The van der Waals surface area contributed by atoms with Crippen LogP contribution in [-0.2, 0) is 9.59 Å². The molecule has 0 saturated carbocycles. The molecule has 134 valence electrons. The van der Waals surface area contributed by atoms with Gasteiger partial charge in [-0.2, -0.15) is 9.61 Å². The number of halogens is 1. The average molecular weight is 373 g/mol. The van der Waals surface area contributed by atoms with E-state index in [-0.39, 0.29) is 17.5 Å². The lowest BCUT2D eigenvalue weighted by Crippen LogP contribution is -2.36. The zero-order chi connectivity index (χ0) is 18.8. The highest BCUT2D eigenvalue weighted by Crippen LogP contribution is 2.25. The van der Waals surface area contributed by atoms with Crippen molar-refractivity contribution in [2.75, 3.05) is 14.1 Å². The van der Waals surface area contributed by atoms with E-state index in [1.165, 1.54) is 28.5 Å². The summed E-state index contributed by atoms with van der Waals surface area (Å²) in [6, 6.07) is 9.21. The molecule has 2 aromatic heterocycles. The maximum Gasteiger partial charge on any atom is 0.243 e. The van der Waals surface area contributed by atoms with Crippen molar-refractivity contribution in [3.05, 3.63) is 42.2 Å². The van der Waals surface area contributed by atoms with E-state index >= 15 is 0 Å². The van der Waals surface area contributed by atoms with Crippen LogP contribution < -0.4 is 0 Å². The Labute approximate surface area is 153 Å². The second kappa shape index (κ2) is 7.20. The van der Waals surface area contributed by atoms with Gasteiger partial charge in [-0.1, -0.05) is 11.8 Å². The summed E-state index contributed by atoms with van der Waals surface area (Å²) in [5, 5.41) is 12.2. The number of rotatable bonds is 5. The van der Waals surface area contributed by atoms with Gasteiger partial charge < -0.3 is 4.90 Å². The number of Topliss-reactive ketones (excluding diaryl/α,β-unsaturated/α-hetero) is 1. The zero-order valence-electron chi connectivity index (χ0n) is 14.4. The topological polar surface area (TPSA) is 80.5 Å². The van der Waals surface area contributed by atoms with Crippen LogP contribution in [0.25, 0.3) is 17.0 Å². The molecule has 3 rings (SSSR count). The first-order chi connectivity index (χ1) is 12.4. The highest BCUT2D eigenvalue weighted by Gasteiger charge is 2.27. The predicted octanol–water partition coefficient (Wildman–Crippen LogP) is 2.07. The lowest BCUT2D eigenvalue weighted by molar-refractivity contribution is -0.132. The number of carbonyl (C=O) groups is 2. The Kier molecular flexibility index (Phi) is 4.99. The number of hydrogen-bond donors (Lipinski definition) is 0. The second-order valence-corrected chi connectivity index (χ2v) is 6.94. The van der Waals surface area contributed by atoms with Crippen LogP contribution in [0.5, 0.6) is 0 Å². The van der Waals surface area contributed by atoms with Crippen LogP contribution >= 0.6 is 11.8 Å². The normalized spacial score (nSPS) is 12.2. The first kappa shape index (κ1) is 18.0. The van der Waals surface area contributed by atoms with Crippen molar-refractivity contribution in [3.8, 4) is 11.4 Å². The SMILES string of the molecule is CC(=O)[C@H](Sc1ccc2nnc(-c3ccc(F)cc3)n2n1)C(=O)N(C)C. The maximum absolute atomic E-state index is 13.1. The summed E-state index contributed by atoms with van der Waals surface area (Å²) < 4.78 is 14.6. The number of aromatic nitrogens is 4. The molecule has 0 unspecified atom stereocenters. The second-order valence-electron chi connectivity index (χ2n) is 5.81. The summed E-state index contributed by atoms with van der Waals surface area (Å²) in [4.78, 5) is 25.5. The Hall–Kier alpha value is -2.81. The number of nitrogens with zero attached hydrogens (tertiary/aromatic N) is 5. The molecule has 26 heavy (non-hydrogen) atoms. The van der Waals surface area contributed by atoms with Gasteiger partial charge in [-0.05, 0) is 43.3 Å². The molecular weight excluding hydrogens is 357 g/mol. The lowest BCUT2D eigenvalue weighted by Gasteiger charge is -2.17. The number of carbonyl (C=O) groups excluding carboxylic acids is 2. The molecule has 0 saturated heterocycles. The van der Waals surface area contributed by atoms with Crippen molar-refractivity contribution in [3.63, 3.8) is 0 Å². The third-order valence-electron chi connectivity index (χ3n) is 3.61. The Bertz CT molecular complexity index is 971. The number of amides is 1. The third-order valence-corrected chi connectivity index (χ3v) is 4.84. The lowest BCUT2D eigenvalue weighted by atomic mass is 10.2. The standard InChI is InChI=1S/C17H16FN5O2S/c1-10(24)15(17(25)22(2)3)26-14-9-8-13-19-20-16(23(13)21-14)11-4-6-12(18)7-5-11/h4-9,15H,1-3H3/t15-/m0/s1. The minimum absolute atomic E-state index is 0.252. The Morgan fingerprint density at radius 3 is 2.42 bits per heavy atom. The summed E-state index contributed by atoms with van der Waals surface area (Å²) in [7, 11) is 3.20. The zero-order valence-corrected chi connectivity index (χ0v) is 15.2. The van der Waals surface area contributed by atoms with Gasteiger partial charge in [0, 0.05) is 19.7 Å². The fraction of sp³-hybridized carbons (Fsp3) is 0.235. The van der Waals surface area contributed by atoms with Crippen molar-refractivity contribution in [1.29, 1.82) is 0 Å². The molecule has 1 aromatic carbocycles. The molecule has 7 nitrogen and oxygen atoms in total. The molecule has 0 radical (unpaired) electrons. The largest absolute Gasteiger partial charge is 0.347 e. The van der Waals surface area contributed by atoms with Gasteiger partial charge in [0.1, 0.15) is 16.1 Å². The summed E-state index contributed by atoms with van der Waals surface area (Å²) in [6.07, 6.45) is 0. The first-order valence-electron chi connectivity index (χ1n) is 7.73. The molecule has 0 aliphatic rings. The molecule has 0 fully saturated rings. The summed E-state index contributed by atoms with van der Waals surface area (Å²) in [5.74, 6) is -0.455. The first-order valence-corrected chi connectivity index (χ1v) is 8.61. The number of thioether (sulfide) groups is 1. The van der Waals surface area contributed by atoms with Gasteiger partial charge in [0.25, 0.3) is 0 Å². The van der Waals surface area contributed by atoms with Gasteiger partial charge in [0.05, 0.1) is 0 Å². The molecule has 9 heteroatoms. The fourth-order valence-corrected chi connectivity index (χ4v) is 3.27. The van der Waals surface area contributed by atoms with Gasteiger partial charge >= 0.3 is 0 Å². The van der Waals surface area contributed by atoms with E-state index in [1.807, 2.05) is 0 Å². The van der Waals surface area contributed by atoms with Crippen LogP contribution in [0.4, 0.5) is 4.39 Å². The molecule has 0 aliphatic heterocycles. The van der Waals surface area contributed by atoms with E-state index in [4.69, 9.17) is 0 Å². The van der Waals surface area contributed by atoms with Gasteiger partial charge in [-0.3, -0.25) is 9.59 Å². The molecule has 0 N–H and O–H groups in total. The molecule has 0 spiro atoms. The Balaban J connectivity index is 1.98. The fourth-order valence-electron chi connectivity index (χ4n) is 2.28. The minimum atomic E-state index is -0.874. The van der Waals surface area contributed by atoms with Crippen molar-refractivity contribution in [1.82, 2.24) is 24.7 Å². The quantitative estimate of drug-likeness (QED) is 0.503. The molecule has 2 heterocycles. The third kappa shape index (κ3) is 3.57. The van der Waals surface area contributed by atoms with Crippen LogP contribution in [0.2, 0.25) is 0 Å². The van der Waals surface area contributed by atoms with Crippen LogP contribution in [0.3, 0.4) is 0 Å². The highest BCUT2D eigenvalue weighted by atomic mass is 32.2. The van der Waals surface area contributed by atoms with Crippen LogP contribution in [0, 0.1) is 5.82 Å². The minimum Gasteiger partial charge on any atom is -0.347 e. The molecule has 1 amide bonds. The highest BCUT2D eigenvalue weighted by molar-refractivity contribution is 8.01. The molecule has 0 bridgehead atoms. The number of fused-ring (bicyclic) bond motifs is 1. The van der Waals surface area contributed by atoms with Crippen LogP contribution in [0.15, 0.2) is 41.4 Å². The van der Waals surface area contributed by atoms with Crippen molar-refractivity contribution >= 4 is 29.1 Å². The van der Waals surface area contributed by atoms with Gasteiger partial charge in [0.2, 0.25) is 5.91 Å². The van der Waals surface area contributed by atoms with Crippen molar-refractivity contribution in [2.45, 2.75) is 17.2 Å². The van der Waals surface area contributed by atoms with Crippen molar-refractivity contribution in [2.24, 2.45) is 0 Å². The molecule has 3 aromatic rings. The smallest absolute Gasteiger partial charge is 0.243 e. The van der Waals surface area contributed by atoms with E-state index in [0.717, 1.165) is 11.8 Å². The van der Waals surface area contributed by atoms with E-state index in [0.29, 0.717) is 22.1 Å². The van der Waals surface area contributed by atoms with Gasteiger partial charge in [-0.15, -0.1) is 10.2 Å². The maximum atomic E-state index is 13.1. The van der Waals surface area contributed by atoms with E-state index in [2.05, 4.69) is 15.3 Å². The number of hydrogen-bond acceptors (Lipinski definition) is 6. The van der Waals surface area contributed by atoms with E-state index in [9.17, 15) is 14.0 Å². The molecular formula is C17H16FN5O2S. The Morgan fingerprint density at radius 2 is 1.81 bits per heavy atom. The Morgan fingerprint density at radius 1 is 1.12 bits per heavy atom. The van der Waals surface area contributed by atoms with Crippen LogP contribution in [-0.4, -0.2) is 55.7 Å². The number of ketones is 1. The monoisotopic (exact) mass is 373 g/mol. The average Bonchev–Trinajstić information content (AvgIpc) is 3.02. The predicted molar refractivity (Wildman–Crippen MR) is 95.2 cm³/mol. The summed E-state index contributed by atoms with van der Waals surface area (Å²) >= 11 is 1.07. The molecule has 1 atom stereocenters. The van der Waals surface area contributed by atoms with E-state index in [1.54, 1.807) is 38.4 Å². The number of benzene rings is 1. The van der Waals surface area contributed by atoms with Crippen molar-refractivity contribution < 1.29 is 14.0 Å². The summed E-state index contributed by atoms with van der Waals surface area (Å²) in [5.41, 5.74) is 1.16. The van der Waals surface area contributed by atoms with Gasteiger partial charge in [-0.25, -0.2) is 4.39 Å². The van der Waals surface area contributed by atoms with E-state index < -0.39 is 5.25 Å². The van der Waals surface area contributed by atoms with Gasteiger partial charge in [0.15, 0.2) is 17.3 Å². The molecule has 0 aliphatic carbocycles. The van der Waals surface area contributed by atoms with Crippen LogP contribution in [0.1, 0.15) is 6.92 Å².